The molecule has 0 aromatic heterocycles. The van der Waals surface area contributed by atoms with Gasteiger partial charge in [-0.15, -0.1) is 0 Å². The van der Waals surface area contributed by atoms with Crippen LogP contribution in [0.2, 0.25) is 0 Å². The number of para-hydroxylation sites is 1. The topological polar surface area (TPSA) is 67.6 Å². The van der Waals surface area contributed by atoms with E-state index in [1.807, 2.05) is 49.6 Å². The van der Waals surface area contributed by atoms with E-state index in [1.54, 1.807) is 32.9 Å². The van der Waals surface area contributed by atoms with E-state index in [0.29, 0.717) is 36.9 Å². The number of nitrogens with zero attached hydrogens (tertiary/aromatic N) is 4. The van der Waals surface area contributed by atoms with Crippen LogP contribution >= 0.6 is 11.8 Å². The molecular formula is C26H25FN4O2S. The largest absolute Gasteiger partial charge is 0.339 e. The molecule has 2 amide bonds. The van der Waals surface area contributed by atoms with Crippen molar-refractivity contribution in [2.75, 3.05) is 31.1 Å². The third kappa shape index (κ3) is 4.57. The lowest BCUT2D eigenvalue weighted by Crippen LogP contribution is -2.52. The Hall–Kier alpha value is -3.57. The molecule has 2 heterocycles. The first-order chi connectivity index (χ1) is 16.4. The minimum Gasteiger partial charge on any atom is -0.339 e. The predicted octanol–water partition coefficient (Wildman–Crippen LogP) is 4.44. The SMILES string of the molecule is CC(C)C(=O)N1CCN(C(=O)/C(C#N)=C2\SC=C(c3ccccc3)N2c2ccccc2F)CC1. The van der Waals surface area contributed by atoms with Gasteiger partial charge in [-0.05, 0) is 17.7 Å². The van der Waals surface area contributed by atoms with Crippen LogP contribution in [0.4, 0.5) is 10.1 Å². The van der Waals surface area contributed by atoms with Crippen molar-refractivity contribution in [2.45, 2.75) is 13.8 Å². The Morgan fingerprint density at radius 2 is 1.59 bits per heavy atom. The van der Waals surface area contributed by atoms with E-state index in [-0.39, 0.29) is 23.1 Å². The first-order valence-corrected chi connectivity index (χ1v) is 12.0. The highest BCUT2D eigenvalue weighted by Crippen LogP contribution is 2.45. The fraction of sp³-hybridized carbons (Fsp3) is 0.269. The molecule has 0 radical (unpaired) electrons. The lowest BCUT2D eigenvalue weighted by molar-refractivity contribution is -0.139. The van der Waals surface area contributed by atoms with Gasteiger partial charge in [0.15, 0.2) is 0 Å². The second-order valence-corrected chi connectivity index (χ2v) is 9.20. The van der Waals surface area contributed by atoms with Crippen molar-refractivity contribution in [3.8, 4) is 6.07 Å². The molecule has 0 spiro atoms. The highest BCUT2D eigenvalue weighted by molar-refractivity contribution is 8.06. The summed E-state index contributed by atoms with van der Waals surface area (Å²) in [7, 11) is 0. The molecule has 2 aliphatic rings. The van der Waals surface area contributed by atoms with Crippen molar-refractivity contribution in [1.29, 1.82) is 5.26 Å². The van der Waals surface area contributed by atoms with E-state index in [2.05, 4.69) is 6.07 Å². The van der Waals surface area contributed by atoms with Crippen LogP contribution in [-0.4, -0.2) is 47.8 Å². The quantitative estimate of drug-likeness (QED) is 0.482. The van der Waals surface area contributed by atoms with Crippen LogP contribution in [0.1, 0.15) is 19.4 Å². The Morgan fingerprint density at radius 1 is 0.971 bits per heavy atom. The average molecular weight is 477 g/mol. The molecule has 8 heteroatoms. The molecule has 0 atom stereocenters. The van der Waals surface area contributed by atoms with Crippen molar-refractivity contribution < 1.29 is 14.0 Å². The van der Waals surface area contributed by atoms with E-state index < -0.39 is 11.7 Å². The van der Waals surface area contributed by atoms with Crippen molar-refractivity contribution in [3.63, 3.8) is 0 Å². The summed E-state index contributed by atoms with van der Waals surface area (Å²) in [6, 6.07) is 17.9. The standard InChI is InChI=1S/C26H25FN4O2S/c1-18(2)24(32)29-12-14-30(15-13-29)25(33)20(16-28)26-31(22-11-7-6-10-21(22)27)23(17-34-26)19-8-4-3-5-9-19/h3-11,17-18H,12-15H2,1-2H3/b26-20-. The van der Waals surface area contributed by atoms with E-state index in [0.717, 1.165) is 5.56 Å². The molecule has 2 aromatic carbocycles. The summed E-state index contributed by atoms with van der Waals surface area (Å²) >= 11 is 1.23. The molecule has 2 aliphatic heterocycles. The summed E-state index contributed by atoms with van der Waals surface area (Å²) in [6.07, 6.45) is 0. The van der Waals surface area contributed by atoms with Crippen LogP contribution in [0, 0.1) is 23.1 Å². The third-order valence-electron chi connectivity index (χ3n) is 5.80. The van der Waals surface area contributed by atoms with Crippen molar-refractivity contribution in [3.05, 3.63) is 82.0 Å². The van der Waals surface area contributed by atoms with Crippen LogP contribution < -0.4 is 4.90 Å². The maximum absolute atomic E-state index is 14.9. The van der Waals surface area contributed by atoms with E-state index in [1.165, 1.54) is 17.8 Å². The average Bonchev–Trinajstić information content (AvgIpc) is 3.29. The second-order valence-electron chi connectivity index (χ2n) is 8.34. The summed E-state index contributed by atoms with van der Waals surface area (Å²) in [6.45, 7) is 5.25. The number of carbonyl (C=O) groups is 2. The number of benzene rings is 2. The number of nitriles is 1. The lowest BCUT2D eigenvalue weighted by Gasteiger charge is -2.36. The minimum atomic E-state index is -0.449. The number of piperazine rings is 1. The fourth-order valence-electron chi connectivity index (χ4n) is 4.02. The summed E-state index contributed by atoms with van der Waals surface area (Å²) in [5.74, 6) is -0.911. The Kier molecular flexibility index (Phi) is 7.03. The Labute approximate surface area is 202 Å². The molecule has 0 unspecified atom stereocenters. The van der Waals surface area contributed by atoms with Gasteiger partial charge in [0.2, 0.25) is 5.91 Å². The zero-order valence-electron chi connectivity index (χ0n) is 19.1. The van der Waals surface area contributed by atoms with E-state index in [9.17, 15) is 19.2 Å². The number of hydrogen-bond acceptors (Lipinski definition) is 5. The molecule has 0 saturated carbocycles. The van der Waals surface area contributed by atoms with E-state index >= 15 is 0 Å². The summed E-state index contributed by atoms with van der Waals surface area (Å²) in [5, 5.41) is 12.2. The van der Waals surface area contributed by atoms with Gasteiger partial charge < -0.3 is 9.80 Å². The molecule has 1 saturated heterocycles. The number of halogens is 1. The first-order valence-electron chi connectivity index (χ1n) is 11.1. The molecule has 0 bridgehead atoms. The number of hydrogen-bond donors (Lipinski definition) is 0. The van der Waals surface area contributed by atoms with Crippen LogP contribution in [-0.2, 0) is 9.59 Å². The monoisotopic (exact) mass is 476 g/mol. The van der Waals surface area contributed by atoms with Gasteiger partial charge in [0.1, 0.15) is 22.5 Å². The minimum absolute atomic E-state index is 0.0425. The molecule has 6 nitrogen and oxygen atoms in total. The molecule has 34 heavy (non-hydrogen) atoms. The smallest absolute Gasteiger partial charge is 0.267 e. The maximum atomic E-state index is 14.9. The second kappa shape index (κ2) is 10.1. The zero-order chi connectivity index (χ0) is 24.2. The highest BCUT2D eigenvalue weighted by atomic mass is 32.2. The third-order valence-corrected chi connectivity index (χ3v) is 6.75. The number of anilines is 1. The van der Waals surface area contributed by atoms with Gasteiger partial charge >= 0.3 is 0 Å². The van der Waals surface area contributed by atoms with Gasteiger partial charge in [-0.1, -0.05) is 68.1 Å². The Bertz CT molecular complexity index is 1190. The van der Waals surface area contributed by atoms with Crippen LogP contribution in [0.15, 0.2) is 70.6 Å². The number of carbonyl (C=O) groups excluding carboxylic acids is 2. The van der Waals surface area contributed by atoms with Crippen molar-refractivity contribution in [1.82, 2.24) is 9.80 Å². The van der Waals surface area contributed by atoms with Gasteiger partial charge in [0.25, 0.3) is 5.91 Å². The fourth-order valence-corrected chi connectivity index (χ4v) is 5.03. The van der Waals surface area contributed by atoms with Crippen LogP contribution in [0.25, 0.3) is 5.70 Å². The molecule has 4 rings (SSSR count). The predicted molar refractivity (Wildman–Crippen MR) is 132 cm³/mol. The normalized spacial score (nSPS) is 17.5. The van der Waals surface area contributed by atoms with Gasteiger partial charge in [-0.2, -0.15) is 5.26 Å². The zero-order valence-corrected chi connectivity index (χ0v) is 19.9. The summed E-state index contributed by atoms with van der Waals surface area (Å²) in [5.41, 5.74) is 1.77. The summed E-state index contributed by atoms with van der Waals surface area (Å²) < 4.78 is 14.9. The van der Waals surface area contributed by atoms with Crippen molar-refractivity contribution >= 4 is 35.0 Å². The molecule has 174 valence electrons. The first kappa shape index (κ1) is 23.6. The molecule has 0 N–H and O–H groups in total. The van der Waals surface area contributed by atoms with E-state index in [4.69, 9.17) is 0 Å². The molecule has 1 fully saturated rings. The van der Waals surface area contributed by atoms with Gasteiger partial charge in [-0.25, -0.2) is 4.39 Å². The number of amides is 2. The molecule has 0 aliphatic carbocycles. The number of thioether (sulfide) groups is 1. The maximum Gasteiger partial charge on any atom is 0.267 e. The van der Waals surface area contributed by atoms with Gasteiger partial charge in [-0.3, -0.25) is 14.5 Å². The number of rotatable bonds is 4. The Morgan fingerprint density at radius 3 is 2.21 bits per heavy atom. The molecular weight excluding hydrogens is 451 g/mol. The van der Waals surface area contributed by atoms with Crippen molar-refractivity contribution in [2.24, 2.45) is 5.92 Å². The molecule has 2 aromatic rings. The van der Waals surface area contributed by atoms with Crippen LogP contribution in [0.3, 0.4) is 0 Å². The van der Waals surface area contributed by atoms with Gasteiger partial charge in [0.05, 0.1) is 11.4 Å². The summed E-state index contributed by atoms with van der Waals surface area (Å²) in [4.78, 5) is 30.7. The lowest BCUT2D eigenvalue weighted by atomic mass is 10.1. The van der Waals surface area contributed by atoms with Crippen LogP contribution in [0.5, 0.6) is 0 Å². The van der Waals surface area contributed by atoms with Gasteiger partial charge in [0, 0.05) is 37.5 Å². The highest BCUT2D eigenvalue weighted by Gasteiger charge is 2.34. The Balaban J connectivity index is 1.67.